The number of likely N-dealkylation sites (tertiary alicyclic amines) is 1. The van der Waals surface area contributed by atoms with Gasteiger partial charge < -0.3 is 10.1 Å². The molecule has 0 aliphatic carbocycles. The van der Waals surface area contributed by atoms with Crippen LogP contribution in [0.4, 0.5) is 0 Å². The van der Waals surface area contributed by atoms with Crippen molar-refractivity contribution in [1.29, 1.82) is 0 Å². The van der Waals surface area contributed by atoms with Crippen LogP contribution in [-0.4, -0.2) is 39.2 Å². The van der Waals surface area contributed by atoms with E-state index >= 15 is 0 Å². The molecule has 1 unspecified atom stereocenters. The maximum absolute atomic E-state index is 11.4. The first kappa shape index (κ1) is 12.3. The molecule has 0 aromatic carbocycles. The smallest absolute Gasteiger partial charge is 0.251 e. The average molecular weight is 237 g/mol. The summed E-state index contributed by atoms with van der Waals surface area (Å²) in [5.74, 6) is 0.698. The predicted octanol–water partition coefficient (Wildman–Crippen LogP) is 0.289. The topological polar surface area (TPSA) is 69.2 Å². The number of aliphatic hydroxyl groups excluding tert-OH is 1. The van der Waals surface area contributed by atoms with Crippen molar-refractivity contribution in [1.82, 2.24) is 14.9 Å². The number of nitrogens with one attached hydrogen (secondary N) is 1. The van der Waals surface area contributed by atoms with Crippen molar-refractivity contribution in [3.05, 3.63) is 27.9 Å². The number of β-amino-alcohol motifs (C(OH)–C–C–N with tert-alkyl or cyclic N) is 1. The summed E-state index contributed by atoms with van der Waals surface area (Å²) in [6.45, 7) is 4.22. The van der Waals surface area contributed by atoms with E-state index in [-0.39, 0.29) is 11.7 Å². The number of aromatic amines is 1. The number of H-pyrrole nitrogens is 1. The van der Waals surface area contributed by atoms with Gasteiger partial charge in [0, 0.05) is 18.3 Å². The summed E-state index contributed by atoms with van der Waals surface area (Å²) in [5.41, 5.74) is 0.728. The molecule has 1 aromatic rings. The SMILES string of the molecule is CCc1cc(=O)[nH]c(CN2CCCC(O)C2)n1. The zero-order valence-electron chi connectivity index (χ0n) is 10.1. The molecule has 94 valence electrons. The van der Waals surface area contributed by atoms with Crippen LogP contribution in [0.25, 0.3) is 0 Å². The highest BCUT2D eigenvalue weighted by atomic mass is 16.3. The van der Waals surface area contributed by atoms with Crippen LogP contribution in [0, 0.1) is 0 Å². The standard InChI is InChI=1S/C12H19N3O2/c1-2-9-6-12(17)14-11(13-9)8-15-5-3-4-10(16)7-15/h6,10,16H,2-5,7-8H2,1H3,(H,13,14,17). The van der Waals surface area contributed by atoms with Crippen LogP contribution in [0.3, 0.4) is 0 Å². The first-order valence-electron chi connectivity index (χ1n) is 6.17. The molecular weight excluding hydrogens is 218 g/mol. The molecule has 5 heteroatoms. The number of hydrogen-bond acceptors (Lipinski definition) is 4. The minimum atomic E-state index is -0.246. The Hall–Kier alpha value is -1.20. The molecule has 0 bridgehead atoms. The summed E-state index contributed by atoms with van der Waals surface area (Å²) in [7, 11) is 0. The van der Waals surface area contributed by atoms with Gasteiger partial charge in [-0.1, -0.05) is 6.92 Å². The number of aromatic nitrogens is 2. The maximum Gasteiger partial charge on any atom is 0.251 e. The van der Waals surface area contributed by atoms with Crippen molar-refractivity contribution in [3.63, 3.8) is 0 Å². The van der Waals surface area contributed by atoms with E-state index < -0.39 is 0 Å². The molecule has 2 rings (SSSR count). The fourth-order valence-electron chi connectivity index (χ4n) is 2.21. The summed E-state index contributed by atoms with van der Waals surface area (Å²) < 4.78 is 0. The van der Waals surface area contributed by atoms with Crippen LogP contribution in [0.2, 0.25) is 0 Å². The summed E-state index contributed by atoms with van der Waals surface area (Å²) >= 11 is 0. The van der Waals surface area contributed by atoms with Gasteiger partial charge in [-0.15, -0.1) is 0 Å². The van der Waals surface area contributed by atoms with Gasteiger partial charge >= 0.3 is 0 Å². The van der Waals surface area contributed by atoms with Gasteiger partial charge in [0.1, 0.15) is 5.82 Å². The van der Waals surface area contributed by atoms with Crippen molar-refractivity contribution in [2.24, 2.45) is 0 Å². The highest BCUT2D eigenvalue weighted by Crippen LogP contribution is 2.11. The molecule has 5 nitrogen and oxygen atoms in total. The molecule has 1 aliphatic heterocycles. The van der Waals surface area contributed by atoms with E-state index in [0.717, 1.165) is 31.5 Å². The molecule has 1 fully saturated rings. The Morgan fingerprint density at radius 1 is 1.65 bits per heavy atom. The van der Waals surface area contributed by atoms with Gasteiger partial charge in [0.2, 0.25) is 0 Å². The normalized spacial score (nSPS) is 21.6. The van der Waals surface area contributed by atoms with E-state index in [0.29, 0.717) is 18.9 Å². The fourth-order valence-corrected chi connectivity index (χ4v) is 2.21. The van der Waals surface area contributed by atoms with Gasteiger partial charge in [-0.3, -0.25) is 9.69 Å². The molecular formula is C12H19N3O2. The zero-order chi connectivity index (χ0) is 12.3. The number of aryl methyl sites for hydroxylation is 1. The third kappa shape index (κ3) is 3.38. The quantitative estimate of drug-likeness (QED) is 0.792. The van der Waals surface area contributed by atoms with Crippen LogP contribution >= 0.6 is 0 Å². The Balaban J connectivity index is 2.07. The Kier molecular flexibility index (Phi) is 3.91. The fraction of sp³-hybridized carbons (Fsp3) is 0.667. The number of hydrogen-bond donors (Lipinski definition) is 2. The van der Waals surface area contributed by atoms with Crippen LogP contribution in [-0.2, 0) is 13.0 Å². The van der Waals surface area contributed by atoms with Crippen molar-refractivity contribution in [2.45, 2.75) is 38.8 Å². The number of nitrogens with zero attached hydrogens (tertiary/aromatic N) is 2. The lowest BCUT2D eigenvalue weighted by Crippen LogP contribution is -2.38. The van der Waals surface area contributed by atoms with Crippen molar-refractivity contribution in [2.75, 3.05) is 13.1 Å². The second kappa shape index (κ2) is 5.42. The van der Waals surface area contributed by atoms with Crippen LogP contribution in [0.15, 0.2) is 10.9 Å². The van der Waals surface area contributed by atoms with Crippen LogP contribution in [0.5, 0.6) is 0 Å². The third-order valence-corrected chi connectivity index (χ3v) is 3.06. The van der Waals surface area contributed by atoms with Gasteiger partial charge in [-0.25, -0.2) is 4.98 Å². The third-order valence-electron chi connectivity index (χ3n) is 3.06. The Bertz CT molecular complexity index is 430. The van der Waals surface area contributed by atoms with E-state index in [1.54, 1.807) is 0 Å². The molecule has 0 amide bonds. The monoisotopic (exact) mass is 237 g/mol. The van der Waals surface area contributed by atoms with Gasteiger partial charge in [-0.2, -0.15) is 0 Å². The molecule has 1 atom stereocenters. The summed E-state index contributed by atoms with van der Waals surface area (Å²) in [5, 5.41) is 9.58. The van der Waals surface area contributed by atoms with Gasteiger partial charge in [0.15, 0.2) is 0 Å². The minimum absolute atomic E-state index is 0.0931. The maximum atomic E-state index is 11.4. The average Bonchev–Trinajstić information content (AvgIpc) is 2.28. The van der Waals surface area contributed by atoms with Gasteiger partial charge in [-0.05, 0) is 25.8 Å². The number of piperidine rings is 1. The van der Waals surface area contributed by atoms with E-state index in [9.17, 15) is 9.90 Å². The summed E-state index contributed by atoms with van der Waals surface area (Å²) in [4.78, 5) is 20.7. The molecule has 17 heavy (non-hydrogen) atoms. The minimum Gasteiger partial charge on any atom is -0.392 e. The zero-order valence-corrected chi connectivity index (χ0v) is 10.1. The van der Waals surface area contributed by atoms with Gasteiger partial charge in [0.05, 0.1) is 12.6 Å². The Labute approximate surface area is 100 Å². The molecule has 1 saturated heterocycles. The molecule has 2 heterocycles. The first-order valence-corrected chi connectivity index (χ1v) is 6.17. The number of rotatable bonds is 3. The number of aliphatic hydroxyl groups is 1. The second-order valence-electron chi connectivity index (χ2n) is 4.57. The van der Waals surface area contributed by atoms with Crippen LogP contribution < -0.4 is 5.56 Å². The van der Waals surface area contributed by atoms with Crippen LogP contribution in [0.1, 0.15) is 31.3 Å². The van der Waals surface area contributed by atoms with E-state index in [1.807, 2.05) is 6.92 Å². The lowest BCUT2D eigenvalue weighted by molar-refractivity contribution is 0.0654. The summed E-state index contributed by atoms with van der Waals surface area (Å²) in [6.07, 6.45) is 2.39. The summed E-state index contributed by atoms with van der Waals surface area (Å²) in [6, 6.07) is 1.54. The first-order chi connectivity index (χ1) is 8.17. The molecule has 0 saturated carbocycles. The highest BCUT2D eigenvalue weighted by molar-refractivity contribution is 5.02. The Morgan fingerprint density at radius 2 is 2.47 bits per heavy atom. The molecule has 0 spiro atoms. The van der Waals surface area contributed by atoms with E-state index in [1.165, 1.54) is 6.07 Å². The molecule has 2 N–H and O–H groups in total. The van der Waals surface area contributed by atoms with Crippen molar-refractivity contribution in [3.8, 4) is 0 Å². The largest absolute Gasteiger partial charge is 0.392 e. The van der Waals surface area contributed by atoms with Crippen molar-refractivity contribution < 1.29 is 5.11 Å². The Morgan fingerprint density at radius 3 is 3.18 bits per heavy atom. The molecule has 0 radical (unpaired) electrons. The van der Waals surface area contributed by atoms with Gasteiger partial charge in [0.25, 0.3) is 5.56 Å². The van der Waals surface area contributed by atoms with E-state index in [4.69, 9.17) is 0 Å². The lowest BCUT2D eigenvalue weighted by Gasteiger charge is -2.29. The van der Waals surface area contributed by atoms with E-state index in [2.05, 4.69) is 14.9 Å². The highest BCUT2D eigenvalue weighted by Gasteiger charge is 2.18. The predicted molar refractivity (Wildman–Crippen MR) is 64.8 cm³/mol. The van der Waals surface area contributed by atoms with Crippen molar-refractivity contribution >= 4 is 0 Å². The molecule has 1 aromatic heterocycles. The second-order valence-corrected chi connectivity index (χ2v) is 4.57. The molecule has 1 aliphatic rings. The lowest BCUT2D eigenvalue weighted by atomic mass is 10.1.